The predicted molar refractivity (Wildman–Crippen MR) is 69.9 cm³/mol. The van der Waals surface area contributed by atoms with Crippen LogP contribution in [0, 0.1) is 11.8 Å². The van der Waals surface area contributed by atoms with Crippen LogP contribution in [-0.4, -0.2) is 31.5 Å². The molecule has 1 heterocycles. The fourth-order valence-corrected chi connectivity index (χ4v) is 2.24. The summed E-state index contributed by atoms with van der Waals surface area (Å²) in [6.07, 6.45) is 0.888. The van der Waals surface area contributed by atoms with Gasteiger partial charge in [-0.05, 0) is 42.5 Å². The van der Waals surface area contributed by atoms with E-state index >= 15 is 0 Å². The van der Waals surface area contributed by atoms with Gasteiger partial charge in [-0.3, -0.25) is 0 Å². The Kier molecular flexibility index (Phi) is 4.44. The molecule has 1 aliphatic heterocycles. The molecule has 2 rings (SSSR count). The number of rotatable bonds is 5. The molecule has 1 aliphatic rings. The smallest absolute Gasteiger partial charge is 0.161 e. The molecular weight excluding hydrogens is 230 g/mol. The molecule has 3 N–H and O–H groups in total. The second kappa shape index (κ2) is 6.07. The van der Waals surface area contributed by atoms with E-state index in [4.69, 9.17) is 15.2 Å². The fraction of sp³-hybridized carbons (Fsp3) is 0.571. The minimum atomic E-state index is 0.141. The minimum absolute atomic E-state index is 0.141. The number of fused-ring (bicyclic) bond motifs is 1. The lowest BCUT2D eigenvalue weighted by molar-refractivity contribution is 0.170. The van der Waals surface area contributed by atoms with Gasteiger partial charge in [0.25, 0.3) is 0 Å². The number of aliphatic hydroxyl groups excluding tert-OH is 1. The van der Waals surface area contributed by atoms with Crippen LogP contribution in [0.15, 0.2) is 18.2 Å². The lowest BCUT2D eigenvalue weighted by Crippen LogP contribution is -2.26. The first-order chi connectivity index (χ1) is 8.74. The number of hydrogen-bond donors (Lipinski definition) is 2. The largest absolute Gasteiger partial charge is 0.486 e. The van der Waals surface area contributed by atoms with Crippen molar-refractivity contribution < 1.29 is 14.6 Å². The van der Waals surface area contributed by atoms with Crippen LogP contribution < -0.4 is 15.2 Å². The van der Waals surface area contributed by atoms with E-state index in [1.807, 2.05) is 12.1 Å². The summed E-state index contributed by atoms with van der Waals surface area (Å²) in [4.78, 5) is 0. The zero-order chi connectivity index (χ0) is 13.0. The molecule has 100 valence electrons. The second-order valence-electron chi connectivity index (χ2n) is 4.84. The first kappa shape index (κ1) is 13.2. The lowest BCUT2D eigenvalue weighted by atomic mass is 9.89. The van der Waals surface area contributed by atoms with Gasteiger partial charge in [0, 0.05) is 6.61 Å². The molecule has 0 aliphatic carbocycles. The maximum absolute atomic E-state index is 9.24. The first-order valence-corrected chi connectivity index (χ1v) is 6.44. The maximum atomic E-state index is 9.24. The van der Waals surface area contributed by atoms with Gasteiger partial charge in [-0.1, -0.05) is 13.0 Å². The summed E-state index contributed by atoms with van der Waals surface area (Å²) in [5.41, 5.74) is 6.84. The number of ether oxygens (including phenoxy) is 2. The van der Waals surface area contributed by atoms with E-state index in [0.29, 0.717) is 25.7 Å². The molecule has 0 amide bonds. The highest BCUT2D eigenvalue weighted by molar-refractivity contribution is 5.43. The van der Waals surface area contributed by atoms with Crippen LogP contribution in [0.1, 0.15) is 12.5 Å². The molecule has 4 nitrogen and oxygen atoms in total. The predicted octanol–water partition coefficient (Wildman–Crippen LogP) is 1.20. The summed E-state index contributed by atoms with van der Waals surface area (Å²) in [5, 5.41) is 9.24. The molecule has 18 heavy (non-hydrogen) atoms. The Labute approximate surface area is 108 Å². The highest BCUT2D eigenvalue weighted by Crippen LogP contribution is 2.31. The molecule has 1 aromatic carbocycles. The van der Waals surface area contributed by atoms with Crippen molar-refractivity contribution in [3.63, 3.8) is 0 Å². The van der Waals surface area contributed by atoms with E-state index < -0.39 is 0 Å². The highest BCUT2D eigenvalue weighted by Gasteiger charge is 2.17. The number of nitrogens with two attached hydrogens (primary N) is 1. The molecule has 2 unspecified atom stereocenters. The standard InChI is InChI=1S/C14H21NO3/c1-10(12(8-15)9-16)6-11-2-3-13-14(7-11)18-5-4-17-13/h2-3,7,10,12,16H,4-6,8-9,15H2,1H3. The van der Waals surface area contributed by atoms with Crippen LogP contribution in [0.25, 0.3) is 0 Å². The molecule has 0 saturated heterocycles. The van der Waals surface area contributed by atoms with Crippen molar-refractivity contribution in [2.24, 2.45) is 17.6 Å². The van der Waals surface area contributed by atoms with Gasteiger partial charge >= 0.3 is 0 Å². The Bertz CT molecular complexity index is 391. The van der Waals surface area contributed by atoms with Crippen LogP contribution in [0.2, 0.25) is 0 Å². The lowest BCUT2D eigenvalue weighted by Gasteiger charge is -2.22. The Balaban J connectivity index is 2.05. The number of benzene rings is 1. The Morgan fingerprint density at radius 3 is 2.67 bits per heavy atom. The van der Waals surface area contributed by atoms with Crippen LogP contribution in [0.3, 0.4) is 0 Å². The average Bonchev–Trinajstić information content (AvgIpc) is 2.40. The summed E-state index contributed by atoms with van der Waals surface area (Å²) in [6.45, 7) is 3.99. The van der Waals surface area contributed by atoms with Gasteiger partial charge in [-0.25, -0.2) is 0 Å². The Hall–Kier alpha value is -1.26. The van der Waals surface area contributed by atoms with Crippen molar-refractivity contribution in [3.05, 3.63) is 23.8 Å². The monoisotopic (exact) mass is 251 g/mol. The van der Waals surface area contributed by atoms with Gasteiger partial charge in [-0.15, -0.1) is 0 Å². The third-order valence-electron chi connectivity index (χ3n) is 3.51. The molecule has 4 heteroatoms. The third-order valence-corrected chi connectivity index (χ3v) is 3.51. The SMILES string of the molecule is CC(Cc1ccc2c(c1)OCCO2)C(CN)CO. The van der Waals surface area contributed by atoms with Crippen LogP contribution in [0.4, 0.5) is 0 Å². The van der Waals surface area contributed by atoms with Gasteiger partial charge in [-0.2, -0.15) is 0 Å². The normalized spacial score (nSPS) is 17.3. The van der Waals surface area contributed by atoms with Gasteiger partial charge in [0.1, 0.15) is 13.2 Å². The molecule has 0 bridgehead atoms. The van der Waals surface area contributed by atoms with Gasteiger partial charge in [0.15, 0.2) is 11.5 Å². The topological polar surface area (TPSA) is 64.7 Å². The number of aliphatic hydroxyl groups is 1. The molecule has 0 fully saturated rings. The Morgan fingerprint density at radius 2 is 2.00 bits per heavy atom. The zero-order valence-corrected chi connectivity index (χ0v) is 10.8. The third kappa shape index (κ3) is 2.94. The first-order valence-electron chi connectivity index (χ1n) is 6.44. The zero-order valence-electron chi connectivity index (χ0n) is 10.8. The quantitative estimate of drug-likeness (QED) is 0.825. The van der Waals surface area contributed by atoms with Gasteiger partial charge in [0.2, 0.25) is 0 Å². The summed E-state index contributed by atoms with van der Waals surface area (Å²) in [5.74, 6) is 2.13. The maximum Gasteiger partial charge on any atom is 0.161 e. The molecule has 0 spiro atoms. The molecule has 2 atom stereocenters. The van der Waals surface area contributed by atoms with Crippen molar-refractivity contribution in [2.75, 3.05) is 26.4 Å². The van der Waals surface area contributed by atoms with Crippen LogP contribution >= 0.6 is 0 Å². The van der Waals surface area contributed by atoms with Crippen LogP contribution in [-0.2, 0) is 6.42 Å². The van der Waals surface area contributed by atoms with Crippen LogP contribution in [0.5, 0.6) is 11.5 Å². The highest BCUT2D eigenvalue weighted by atomic mass is 16.6. The Morgan fingerprint density at radius 1 is 1.28 bits per heavy atom. The van der Waals surface area contributed by atoms with Crippen molar-refractivity contribution >= 4 is 0 Å². The summed E-state index contributed by atoms with van der Waals surface area (Å²) < 4.78 is 11.0. The van der Waals surface area contributed by atoms with Crippen molar-refractivity contribution in [1.29, 1.82) is 0 Å². The molecular formula is C14H21NO3. The van der Waals surface area contributed by atoms with E-state index in [-0.39, 0.29) is 12.5 Å². The van der Waals surface area contributed by atoms with Gasteiger partial charge < -0.3 is 20.3 Å². The fourth-order valence-electron chi connectivity index (χ4n) is 2.24. The molecule has 0 saturated carbocycles. The van der Waals surface area contributed by atoms with Crippen molar-refractivity contribution in [2.45, 2.75) is 13.3 Å². The molecule has 0 radical (unpaired) electrons. The molecule has 1 aromatic rings. The van der Waals surface area contributed by atoms with E-state index in [1.165, 1.54) is 5.56 Å². The second-order valence-corrected chi connectivity index (χ2v) is 4.84. The minimum Gasteiger partial charge on any atom is -0.486 e. The summed E-state index contributed by atoms with van der Waals surface area (Å²) in [6, 6.07) is 6.03. The van der Waals surface area contributed by atoms with E-state index in [0.717, 1.165) is 17.9 Å². The van der Waals surface area contributed by atoms with E-state index in [2.05, 4.69) is 13.0 Å². The van der Waals surface area contributed by atoms with Crippen molar-refractivity contribution in [1.82, 2.24) is 0 Å². The van der Waals surface area contributed by atoms with Gasteiger partial charge in [0.05, 0.1) is 0 Å². The van der Waals surface area contributed by atoms with Crippen molar-refractivity contribution in [3.8, 4) is 11.5 Å². The summed E-state index contributed by atoms with van der Waals surface area (Å²) >= 11 is 0. The average molecular weight is 251 g/mol. The van der Waals surface area contributed by atoms with E-state index in [1.54, 1.807) is 0 Å². The molecule has 0 aromatic heterocycles. The summed E-state index contributed by atoms with van der Waals surface area (Å²) in [7, 11) is 0. The van der Waals surface area contributed by atoms with E-state index in [9.17, 15) is 5.11 Å². The number of hydrogen-bond acceptors (Lipinski definition) is 4.